The van der Waals surface area contributed by atoms with Crippen LogP contribution in [0.15, 0.2) is 36.7 Å². The van der Waals surface area contributed by atoms with Crippen molar-refractivity contribution in [2.45, 2.75) is 45.1 Å². The highest BCUT2D eigenvalue weighted by molar-refractivity contribution is 5.80. The van der Waals surface area contributed by atoms with Gasteiger partial charge in [0.2, 0.25) is 11.8 Å². The van der Waals surface area contributed by atoms with Gasteiger partial charge in [0.15, 0.2) is 0 Å². The van der Waals surface area contributed by atoms with Crippen LogP contribution < -0.4 is 0 Å². The Bertz CT molecular complexity index is 815. The van der Waals surface area contributed by atoms with Crippen molar-refractivity contribution in [3.05, 3.63) is 42.2 Å². The predicted molar refractivity (Wildman–Crippen MR) is 107 cm³/mol. The molecule has 1 aromatic carbocycles. The number of tetrazole rings is 1. The number of aromatic nitrogens is 4. The fraction of sp³-hybridized carbons (Fsp3) is 0.571. The van der Waals surface area contributed by atoms with Gasteiger partial charge in [-0.3, -0.25) is 9.59 Å². The lowest BCUT2D eigenvalue weighted by molar-refractivity contribution is -0.133. The minimum Gasteiger partial charge on any atom is -0.343 e. The Kier molecular flexibility index (Phi) is 5.87. The molecule has 0 bridgehead atoms. The molecule has 8 heteroatoms. The molecule has 2 aliphatic heterocycles. The first-order valence-corrected chi connectivity index (χ1v) is 10.4. The molecule has 0 radical (unpaired) electrons. The number of aryl methyl sites for hydroxylation is 2. The third-order valence-electron chi connectivity index (χ3n) is 6.26. The fourth-order valence-electron chi connectivity index (χ4n) is 4.52. The van der Waals surface area contributed by atoms with Crippen LogP contribution in [0.2, 0.25) is 0 Å². The number of benzene rings is 1. The number of rotatable bonds is 7. The van der Waals surface area contributed by atoms with Gasteiger partial charge in [-0.1, -0.05) is 30.3 Å². The zero-order chi connectivity index (χ0) is 20.1. The number of carbonyl (C=O) groups excluding carboxylic acids is 2. The van der Waals surface area contributed by atoms with Gasteiger partial charge < -0.3 is 9.80 Å². The van der Waals surface area contributed by atoms with Gasteiger partial charge in [-0.05, 0) is 41.7 Å². The Labute approximate surface area is 170 Å². The highest BCUT2D eigenvalue weighted by Gasteiger charge is 2.45. The number of carbonyl (C=O) groups is 2. The van der Waals surface area contributed by atoms with E-state index in [4.69, 9.17) is 0 Å². The fourth-order valence-corrected chi connectivity index (χ4v) is 4.52. The van der Waals surface area contributed by atoms with Gasteiger partial charge in [0.1, 0.15) is 6.33 Å². The third kappa shape index (κ3) is 4.81. The van der Waals surface area contributed by atoms with Crippen LogP contribution in [0.5, 0.6) is 0 Å². The summed E-state index contributed by atoms with van der Waals surface area (Å²) in [7, 11) is 0. The maximum absolute atomic E-state index is 12.6. The molecule has 0 aliphatic carbocycles. The second-order valence-electron chi connectivity index (χ2n) is 8.28. The Morgan fingerprint density at radius 3 is 2.62 bits per heavy atom. The lowest BCUT2D eigenvalue weighted by Crippen LogP contribution is -2.44. The van der Waals surface area contributed by atoms with Crippen molar-refractivity contribution in [2.75, 3.05) is 26.2 Å². The van der Waals surface area contributed by atoms with Gasteiger partial charge >= 0.3 is 0 Å². The van der Waals surface area contributed by atoms with E-state index in [0.717, 1.165) is 51.9 Å². The number of amides is 2. The van der Waals surface area contributed by atoms with Crippen LogP contribution in [0.4, 0.5) is 0 Å². The summed E-state index contributed by atoms with van der Waals surface area (Å²) < 4.78 is 1.58. The van der Waals surface area contributed by atoms with E-state index in [2.05, 4.69) is 39.8 Å². The quantitative estimate of drug-likeness (QED) is 0.709. The molecule has 0 atom stereocenters. The van der Waals surface area contributed by atoms with Crippen LogP contribution in [-0.4, -0.2) is 68.0 Å². The summed E-state index contributed by atoms with van der Waals surface area (Å²) in [6.07, 6.45) is 6.37. The monoisotopic (exact) mass is 396 g/mol. The molecule has 2 aliphatic rings. The second kappa shape index (κ2) is 8.71. The molecule has 2 aromatic rings. The van der Waals surface area contributed by atoms with E-state index in [9.17, 15) is 9.59 Å². The zero-order valence-electron chi connectivity index (χ0n) is 16.7. The van der Waals surface area contributed by atoms with Gasteiger partial charge in [0.05, 0.1) is 6.54 Å². The molecule has 0 saturated carbocycles. The molecule has 154 valence electrons. The summed E-state index contributed by atoms with van der Waals surface area (Å²) in [5.74, 6) is 0.413. The van der Waals surface area contributed by atoms with Crippen LogP contribution in [0.1, 0.15) is 37.7 Å². The molecule has 1 aromatic heterocycles. The molecule has 2 fully saturated rings. The van der Waals surface area contributed by atoms with E-state index in [1.165, 1.54) is 11.9 Å². The molecular weight excluding hydrogens is 368 g/mol. The highest BCUT2D eigenvalue weighted by Crippen LogP contribution is 2.41. The summed E-state index contributed by atoms with van der Waals surface area (Å²) in [6, 6.07) is 10.4. The Morgan fingerprint density at radius 2 is 1.90 bits per heavy atom. The van der Waals surface area contributed by atoms with Crippen LogP contribution in [-0.2, 0) is 22.6 Å². The minimum atomic E-state index is 0.0520. The molecule has 29 heavy (non-hydrogen) atoms. The number of hydrogen-bond donors (Lipinski definition) is 0. The molecule has 1 spiro atoms. The van der Waals surface area contributed by atoms with Gasteiger partial charge in [0.25, 0.3) is 0 Å². The van der Waals surface area contributed by atoms with Crippen molar-refractivity contribution < 1.29 is 9.59 Å². The van der Waals surface area contributed by atoms with Crippen molar-refractivity contribution in [1.82, 2.24) is 30.0 Å². The van der Waals surface area contributed by atoms with E-state index >= 15 is 0 Å². The van der Waals surface area contributed by atoms with E-state index in [0.29, 0.717) is 19.4 Å². The maximum atomic E-state index is 12.6. The van der Waals surface area contributed by atoms with Crippen LogP contribution in [0, 0.1) is 5.41 Å². The van der Waals surface area contributed by atoms with Crippen molar-refractivity contribution in [3.63, 3.8) is 0 Å². The molecule has 3 heterocycles. The van der Waals surface area contributed by atoms with Crippen molar-refractivity contribution in [2.24, 2.45) is 5.41 Å². The normalized spacial score (nSPS) is 18.6. The van der Waals surface area contributed by atoms with E-state index in [-0.39, 0.29) is 17.2 Å². The van der Waals surface area contributed by atoms with Gasteiger partial charge in [-0.15, -0.1) is 5.10 Å². The number of hydrogen-bond acceptors (Lipinski definition) is 5. The van der Waals surface area contributed by atoms with Crippen LogP contribution >= 0.6 is 0 Å². The number of likely N-dealkylation sites (tertiary alicyclic amines) is 2. The van der Waals surface area contributed by atoms with Crippen LogP contribution in [0.25, 0.3) is 0 Å². The SMILES string of the molecule is O=C(CCn1cnnn1)N1CCC2(CC1)CC(=O)N(CCCc1ccccc1)C2. The van der Waals surface area contributed by atoms with Gasteiger partial charge in [0, 0.05) is 44.4 Å². The second-order valence-corrected chi connectivity index (χ2v) is 8.28. The van der Waals surface area contributed by atoms with Crippen molar-refractivity contribution in [3.8, 4) is 0 Å². The van der Waals surface area contributed by atoms with E-state index in [1.807, 2.05) is 15.9 Å². The zero-order valence-corrected chi connectivity index (χ0v) is 16.7. The summed E-state index contributed by atoms with van der Waals surface area (Å²) >= 11 is 0. The lowest BCUT2D eigenvalue weighted by Gasteiger charge is -2.39. The van der Waals surface area contributed by atoms with Crippen LogP contribution in [0.3, 0.4) is 0 Å². The predicted octanol–water partition coefficient (Wildman–Crippen LogP) is 1.54. The average Bonchev–Trinajstić information content (AvgIpc) is 3.36. The van der Waals surface area contributed by atoms with E-state index in [1.54, 1.807) is 4.68 Å². The Balaban J connectivity index is 1.22. The molecule has 4 rings (SSSR count). The number of piperidine rings is 1. The number of nitrogens with zero attached hydrogens (tertiary/aromatic N) is 6. The first-order chi connectivity index (χ1) is 14.1. The Morgan fingerprint density at radius 1 is 1.10 bits per heavy atom. The lowest BCUT2D eigenvalue weighted by atomic mass is 9.77. The third-order valence-corrected chi connectivity index (χ3v) is 6.26. The highest BCUT2D eigenvalue weighted by atomic mass is 16.2. The molecule has 2 amide bonds. The summed E-state index contributed by atoms with van der Waals surface area (Å²) in [5, 5.41) is 11.0. The topological polar surface area (TPSA) is 84.2 Å². The molecule has 8 nitrogen and oxygen atoms in total. The summed E-state index contributed by atoms with van der Waals surface area (Å²) in [5.41, 5.74) is 1.37. The average molecular weight is 396 g/mol. The smallest absolute Gasteiger partial charge is 0.224 e. The van der Waals surface area contributed by atoms with Gasteiger partial charge in [-0.25, -0.2) is 4.68 Å². The van der Waals surface area contributed by atoms with Gasteiger partial charge in [-0.2, -0.15) is 0 Å². The van der Waals surface area contributed by atoms with Crippen molar-refractivity contribution in [1.29, 1.82) is 0 Å². The molecule has 0 unspecified atom stereocenters. The molecule has 0 N–H and O–H groups in total. The Hall–Kier alpha value is -2.77. The molecular formula is C21H28N6O2. The first kappa shape index (κ1) is 19.5. The van der Waals surface area contributed by atoms with E-state index < -0.39 is 0 Å². The molecule has 2 saturated heterocycles. The standard InChI is InChI=1S/C21H28N6O2/c28-19(8-12-27-17-22-23-24-27)25-13-9-21(10-14-25)15-20(29)26(16-21)11-4-7-18-5-2-1-3-6-18/h1-3,5-6,17H,4,7-16H2. The summed E-state index contributed by atoms with van der Waals surface area (Å²) in [4.78, 5) is 29.0. The first-order valence-electron chi connectivity index (χ1n) is 10.4. The maximum Gasteiger partial charge on any atom is 0.224 e. The van der Waals surface area contributed by atoms with Crippen molar-refractivity contribution >= 4 is 11.8 Å². The minimum absolute atomic E-state index is 0.0520. The summed E-state index contributed by atoms with van der Waals surface area (Å²) in [6.45, 7) is 3.64. The largest absolute Gasteiger partial charge is 0.343 e.